The minimum absolute atomic E-state index is 0.0863. The molecule has 164 valence electrons. The normalized spacial score (nSPS) is 14.1. The zero-order chi connectivity index (χ0) is 22.4. The second-order valence-corrected chi connectivity index (χ2v) is 6.92. The number of halogens is 2. The Morgan fingerprint density at radius 1 is 0.968 bits per heavy atom. The number of rotatable bonds is 6. The first-order valence-electron chi connectivity index (χ1n) is 9.95. The molecular formula is C23H24F2N2O4. The van der Waals surface area contributed by atoms with Crippen molar-refractivity contribution >= 4 is 17.9 Å². The van der Waals surface area contributed by atoms with Crippen molar-refractivity contribution < 1.29 is 27.8 Å². The number of amides is 2. The van der Waals surface area contributed by atoms with E-state index < -0.39 is 11.6 Å². The molecule has 2 aromatic rings. The summed E-state index contributed by atoms with van der Waals surface area (Å²) in [6, 6.07) is 8.48. The third-order valence-corrected chi connectivity index (χ3v) is 4.95. The summed E-state index contributed by atoms with van der Waals surface area (Å²) in [7, 11) is 1.56. The lowest BCUT2D eigenvalue weighted by Gasteiger charge is -2.34. The number of ether oxygens (including phenoxy) is 2. The smallest absolute Gasteiger partial charge is 0.254 e. The molecule has 8 heteroatoms. The van der Waals surface area contributed by atoms with E-state index in [1.807, 2.05) is 13.0 Å². The Morgan fingerprint density at radius 2 is 1.68 bits per heavy atom. The highest BCUT2D eigenvalue weighted by Crippen LogP contribution is 2.28. The molecule has 1 fully saturated rings. The van der Waals surface area contributed by atoms with Crippen molar-refractivity contribution in [1.29, 1.82) is 0 Å². The van der Waals surface area contributed by atoms with Crippen molar-refractivity contribution in [3.05, 3.63) is 65.2 Å². The van der Waals surface area contributed by atoms with Gasteiger partial charge in [-0.25, -0.2) is 8.78 Å². The Balaban J connectivity index is 1.58. The number of piperazine rings is 1. The van der Waals surface area contributed by atoms with E-state index in [9.17, 15) is 18.4 Å². The van der Waals surface area contributed by atoms with Crippen molar-refractivity contribution in [3.8, 4) is 11.5 Å². The Bertz CT molecular complexity index is 986. The Labute approximate surface area is 179 Å². The minimum atomic E-state index is -1.06. The van der Waals surface area contributed by atoms with E-state index in [0.29, 0.717) is 44.3 Å². The van der Waals surface area contributed by atoms with Gasteiger partial charge in [-0.15, -0.1) is 0 Å². The predicted molar refractivity (Wildman–Crippen MR) is 112 cm³/mol. The molecule has 0 saturated carbocycles. The molecule has 6 nitrogen and oxygen atoms in total. The third-order valence-electron chi connectivity index (χ3n) is 4.95. The van der Waals surface area contributed by atoms with Crippen LogP contribution in [0.5, 0.6) is 11.5 Å². The zero-order valence-corrected chi connectivity index (χ0v) is 17.4. The Morgan fingerprint density at radius 3 is 2.32 bits per heavy atom. The van der Waals surface area contributed by atoms with Gasteiger partial charge in [0, 0.05) is 37.8 Å². The average molecular weight is 430 g/mol. The predicted octanol–water partition coefficient (Wildman–Crippen LogP) is 3.37. The molecule has 0 bridgehead atoms. The number of hydrogen-bond donors (Lipinski definition) is 0. The molecule has 1 saturated heterocycles. The molecule has 0 N–H and O–H groups in total. The first kappa shape index (κ1) is 22.3. The van der Waals surface area contributed by atoms with Gasteiger partial charge in [-0.2, -0.15) is 0 Å². The number of hydrogen-bond acceptors (Lipinski definition) is 4. The maximum atomic E-state index is 13.4. The number of nitrogens with zero attached hydrogens (tertiary/aromatic N) is 2. The molecule has 2 aromatic carbocycles. The highest BCUT2D eigenvalue weighted by molar-refractivity contribution is 5.95. The molecule has 3 rings (SSSR count). The summed E-state index contributed by atoms with van der Waals surface area (Å²) >= 11 is 0. The summed E-state index contributed by atoms with van der Waals surface area (Å²) in [6.45, 7) is 3.71. The summed E-state index contributed by atoms with van der Waals surface area (Å²) in [6.07, 6.45) is 3.17. The van der Waals surface area contributed by atoms with Crippen molar-refractivity contribution in [1.82, 2.24) is 9.80 Å². The van der Waals surface area contributed by atoms with E-state index in [1.165, 1.54) is 17.0 Å². The van der Waals surface area contributed by atoms with Gasteiger partial charge in [0.15, 0.2) is 23.1 Å². The van der Waals surface area contributed by atoms with Gasteiger partial charge in [0.25, 0.3) is 5.91 Å². The molecule has 0 atom stereocenters. The molecule has 1 aliphatic heterocycles. The standard InChI is InChI=1S/C23H24F2N2O4/c1-3-31-21-14-16(4-8-20(21)30-2)5-9-22(28)26-10-12-27(13-11-26)23(29)17-6-7-18(24)19(25)15-17/h4-9,14-15H,3,10-13H2,1-2H3/b9-5+. The van der Waals surface area contributed by atoms with E-state index in [4.69, 9.17) is 9.47 Å². The van der Waals surface area contributed by atoms with E-state index >= 15 is 0 Å². The van der Waals surface area contributed by atoms with Gasteiger partial charge >= 0.3 is 0 Å². The fourth-order valence-electron chi connectivity index (χ4n) is 3.28. The molecule has 2 amide bonds. The topological polar surface area (TPSA) is 59.1 Å². The maximum absolute atomic E-state index is 13.4. The molecule has 0 unspecified atom stereocenters. The SMILES string of the molecule is CCOc1cc(/C=C/C(=O)N2CCN(C(=O)c3ccc(F)c(F)c3)CC2)ccc1OC. The zero-order valence-electron chi connectivity index (χ0n) is 17.4. The number of carbonyl (C=O) groups excluding carboxylic acids is 2. The fraction of sp³-hybridized carbons (Fsp3) is 0.304. The van der Waals surface area contributed by atoms with Crippen molar-refractivity contribution in [2.24, 2.45) is 0 Å². The summed E-state index contributed by atoms with van der Waals surface area (Å²) in [5.41, 5.74) is 0.882. The van der Waals surface area contributed by atoms with E-state index in [-0.39, 0.29) is 17.4 Å². The lowest BCUT2D eigenvalue weighted by molar-refractivity contribution is -0.127. The van der Waals surface area contributed by atoms with E-state index in [2.05, 4.69) is 0 Å². The molecular weight excluding hydrogens is 406 g/mol. The van der Waals surface area contributed by atoms with E-state index in [1.54, 1.807) is 30.2 Å². The van der Waals surface area contributed by atoms with Crippen LogP contribution in [0, 0.1) is 11.6 Å². The quantitative estimate of drug-likeness (QED) is 0.660. The van der Waals surface area contributed by atoms with Crippen LogP contribution in [0.4, 0.5) is 8.78 Å². The first-order valence-corrected chi connectivity index (χ1v) is 9.95. The second kappa shape index (κ2) is 10.1. The average Bonchev–Trinajstić information content (AvgIpc) is 2.79. The van der Waals surface area contributed by atoms with Gasteiger partial charge in [0.2, 0.25) is 5.91 Å². The van der Waals surface area contributed by atoms with Gasteiger partial charge in [0.1, 0.15) is 0 Å². The second-order valence-electron chi connectivity index (χ2n) is 6.92. The highest BCUT2D eigenvalue weighted by atomic mass is 19.2. The van der Waals surface area contributed by atoms with Gasteiger partial charge in [-0.1, -0.05) is 6.07 Å². The molecule has 0 radical (unpaired) electrons. The number of methoxy groups -OCH3 is 1. The van der Waals surface area contributed by atoms with Crippen LogP contribution in [0.1, 0.15) is 22.8 Å². The van der Waals surface area contributed by atoms with E-state index in [0.717, 1.165) is 17.7 Å². The lowest BCUT2D eigenvalue weighted by atomic mass is 10.1. The van der Waals surface area contributed by atoms with Crippen LogP contribution in [0.2, 0.25) is 0 Å². The molecule has 0 aliphatic carbocycles. The third kappa shape index (κ3) is 5.39. The molecule has 0 aromatic heterocycles. The van der Waals surface area contributed by atoms with Gasteiger partial charge in [0.05, 0.1) is 13.7 Å². The monoisotopic (exact) mass is 430 g/mol. The molecule has 1 heterocycles. The summed E-state index contributed by atoms with van der Waals surface area (Å²) in [5, 5.41) is 0. The lowest BCUT2D eigenvalue weighted by Crippen LogP contribution is -2.50. The fourth-order valence-corrected chi connectivity index (χ4v) is 3.28. The number of benzene rings is 2. The summed E-state index contributed by atoms with van der Waals surface area (Å²) in [5.74, 6) is -1.40. The van der Waals surface area contributed by atoms with Crippen LogP contribution >= 0.6 is 0 Å². The molecule has 1 aliphatic rings. The summed E-state index contributed by atoms with van der Waals surface area (Å²) < 4.78 is 37.3. The van der Waals surface area contributed by atoms with Crippen molar-refractivity contribution in [2.45, 2.75) is 6.92 Å². The van der Waals surface area contributed by atoms with Crippen molar-refractivity contribution in [3.63, 3.8) is 0 Å². The molecule has 0 spiro atoms. The van der Waals surface area contributed by atoms with Gasteiger partial charge in [-0.05, 0) is 48.9 Å². The maximum Gasteiger partial charge on any atom is 0.254 e. The van der Waals surface area contributed by atoms with Crippen molar-refractivity contribution in [2.75, 3.05) is 39.9 Å². The van der Waals surface area contributed by atoms with Crippen LogP contribution in [0.15, 0.2) is 42.5 Å². The minimum Gasteiger partial charge on any atom is -0.493 e. The molecule has 31 heavy (non-hydrogen) atoms. The van der Waals surface area contributed by atoms with Crippen LogP contribution in [0.3, 0.4) is 0 Å². The Hall–Kier alpha value is -3.42. The van der Waals surface area contributed by atoms with Crippen LogP contribution < -0.4 is 9.47 Å². The van der Waals surface area contributed by atoms with Crippen LogP contribution in [-0.4, -0.2) is 61.5 Å². The largest absolute Gasteiger partial charge is 0.493 e. The summed E-state index contributed by atoms with van der Waals surface area (Å²) in [4.78, 5) is 28.2. The Kier molecular flexibility index (Phi) is 7.23. The van der Waals surface area contributed by atoms with Crippen LogP contribution in [-0.2, 0) is 4.79 Å². The number of carbonyl (C=O) groups is 2. The highest BCUT2D eigenvalue weighted by Gasteiger charge is 2.24. The van der Waals surface area contributed by atoms with Crippen LogP contribution in [0.25, 0.3) is 6.08 Å². The van der Waals surface area contributed by atoms with Gasteiger partial charge < -0.3 is 19.3 Å². The van der Waals surface area contributed by atoms with Gasteiger partial charge in [-0.3, -0.25) is 9.59 Å². The first-order chi connectivity index (χ1) is 14.9.